The first-order valence-corrected chi connectivity index (χ1v) is 7.69. The van der Waals surface area contributed by atoms with Crippen LogP contribution in [0, 0.1) is 5.92 Å². The maximum Gasteiger partial charge on any atom is 0.220 e. The van der Waals surface area contributed by atoms with Crippen molar-refractivity contribution in [3.63, 3.8) is 0 Å². The van der Waals surface area contributed by atoms with Crippen LogP contribution in [-0.2, 0) is 6.42 Å². The molecule has 3 heterocycles. The molecule has 114 valence electrons. The van der Waals surface area contributed by atoms with Gasteiger partial charge in [-0.1, -0.05) is 20.3 Å². The molecule has 3 rings (SSSR count). The number of rotatable bonds is 5. The molecule has 0 radical (unpaired) electrons. The Labute approximate surface area is 130 Å². The van der Waals surface area contributed by atoms with Crippen LogP contribution in [-0.4, -0.2) is 19.9 Å². The van der Waals surface area contributed by atoms with E-state index < -0.39 is 0 Å². The zero-order valence-electron chi connectivity index (χ0n) is 13.0. The first-order chi connectivity index (χ1) is 10.6. The van der Waals surface area contributed by atoms with Gasteiger partial charge in [-0.05, 0) is 30.9 Å². The Kier molecular flexibility index (Phi) is 4.04. The van der Waals surface area contributed by atoms with Gasteiger partial charge < -0.3 is 10.7 Å². The minimum atomic E-state index is 0.289. The Morgan fingerprint density at radius 2 is 2.00 bits per heavy atom. The lowest BCUT2D eigenvalue weighted by atomic mass is 10.0. The number of H-pyrrole nitrogens is 1. The second kappa shape index (κ2) is 6.13. The fraction of sp³-hybridized carbons (Fsp3) is 0.353. The maximum atomic E-state index is 5.71. The first-order valence-electron chi connectivity index (χ1n) is 7.69. The molecule has 3 aromatic rings. The van der Waals surface area contributed by atoms with E-state index in [0.29, 0.717) is 5.92 Å². The standard InChI is InChI=1S/C17H21N5/c1-11(2)4-3-5-14-16-12(10-21-15(16)7-8-19-14)13-6-9-20-17(18)22-13/h6-11,21H,3-5H2,1-2H3,(H2,18,20,22). The van der Waals surface area contributed by atoms with Gasteiger partial charge in [-0.15, -0.1) is 0 Å². The normalized spacial score (nSPS) is 11.4. The summed E-state index contributed by atoms with van der Waals surface area (Å²) in [7, 11) is 0. The Bertz CT molecular complexity index is 776. The van der Waals surface area contributed by atoms with E-state index in [2.05, 4.69) is 33.8 Å². The molecular weight excluding hydrogens is 274 g/mol. The van der Waals surface area contributed by atoms with Crippen molar-refractivity contribution in [2.45, 2.75) is 33.1 Å². The van der Waals surface area contributed by atoms with Crippen molar-refractivity contribution in [1.29, 1.82) is 0 Å². The van der Waals surface area contributed by atoms with Crippen LogP contribution in [0.25, 0.3) is 22.2 Å². The third-order valence-electron chi connectivity index (χ3n) is 3.82. The van der Waals surface area contributed by atoms with E-state index in [9.17, 15) is 0 Å². The molecule has 5 nitrogen and oxygen atoms in total. The number of nitrogens with one attached hydrogen (secondary N) is 1. The van der Waals surface area contributed by atoms with E-state index in [4.69, 9.17) is 5.73 Å². The van der Waals surface area contributed by atoms with Gasteiger partial charge in [0.2, 0.25) is 5.95 Å². The molecule has 0 aliphatic rings. The van der Waals surface area contributed by atoms with E-state index in [-0.39, 0.29) is 5.95 Å². The van der Waals surface area contributed by atoms with Crippen molar-refractivity contribution in [3.8, 4) is 11.3 Å². The fourth-order valence-electron chi connectivity index (χ4n) is 2.74. The van der Waals surface area contributed by atoms with E-state index in [1.807, 2.05) is 24.5 Å². The highest BCUT2D eigenvalue weighted by Gasteiger charge is 2.13. The van der Waals surface area contributed by atoms with E-state index in [0.717, 1.165) is 40.7 Å². The number of hydrogen-bond donors (Lipinski definition) is 2. The highest BCUT2D eigenvalue weighted by Crippen LogP contribution is 2.30. The summed E-state index contributed by atoms with van der Waals surface area (Å²) >= 11 is 0. The van der Waals surface area contributed by atoms with Crippen molar-refractivity contribution in [2.24, 2.45) is 5.92 Å². The predicted octanol–water partition coefficient (Wildman–Crippen LogP) is 3.58. The molecule has 0 saturated carbocycles. The molecule has 0 unspecified atom stereocenters. The lowest BCUT2D eigenvalue weighted by molar-refractivity contribution is 0.554. The van der Waals surface area contributed by atoms with Gasteiger partial charge in [0, 0.05) is 35.1 Å². The van der Waals surface area contributed by atoms with Gasteiger partial charge in [-0.25, -0.2) is 9.97 Å². The Hall–Kier alpha value is -2.43. The fourth-order valence-corrected chi connectivity index (χ4v) is 2.74. The molecule has 0 spiro atoms. The molecule has 0 aliphatic heterocycles. The van der Waals surface area contributed by atoms with Crippen molar-refractivity contribution < 1.29 is 0 Å². The van der Waals surface area contributed by atoms with Gasteiger partial charge in [0.15, 0.2) is 0 Å². The van der Waals surface area contributed by atoms with Crippen molar-refractivity contribution >= 4 is 16.9 Å². The summed E-state index contributed by atoms with van der Waals surface area (Å²) < 4.78 is 0. The third-order valence-corrected chi connectivity index (χ3v) is 3.82. The molecule has 0 atom stereocenters. The van der Waals surface area contributed by atoms with Crippen molar-refractivity contribution in [2.75, 3.05) is 5.73 Å². The van der Waals surface area contributed by atoms with Gasteiger partial charge in [0.05, 0.1) is 11.4 Å². The van der Waals surface area contributed by atoms with Crippen LogP contribution in [0.3, 0.4) is 0 Å². The van der Waals surface area contributed by atoms with Crippen LogP contribution in [0.15, 0.2) is 30.7 Å². The van der Waals surface area contributed by atoms with E-state index in [1.165, 1.54) is 6.42 Å². The third kappa shape index (κ3) is 2.93. The summed E-state index contributed by atoms with van der Waals surface area (Å²) in [6.45, 7) is 4.50. The average molecular weight is 295 g/mol. The van der Waals surface area contributed by atoms with Gasteiger partial charge in [0.1, 0.15) is 0 Å². The highest BCUT2D eigenvalue weighted by molar-refractivity contribution is 5.96. The molecule has 0 aliphatic carbocycles. The highest BCUT2D eigenvalue weighted by atomic mass is 15.0. The molecular formula is C17H21N5. The monoisotopic (exact) mass is 295 g/mol. The number of aromatic amines is 1. The minimum absolute atomic E-state index is 0.289. The number of fused-ring (bicyclic) bond motifs is 1. The predicted molar refractivity (Wildman–Crippen MR) is 89.3 cm³/mol. The second-order valence-electron chi connectivity index (χ2n) is 5.97. The van der Waals surface area contributed by atoms with Gasteiger partial charge in [0.25, 0.3) is 0 Å². The molecule has 0 amide bonds. The summed E-state index contributed by atoms with van der Waals surface area (Å²) in [5.74, 6) is 1.00. The zero-order valence-corrected chi connectivity index (χ0v) is 13.0. The molecule has 3 N–H and O–H groups in total. The number of nitrogens with two attached hydrogens (primary N) is 1. The summed E-state index contributed by atoms with van der Waals surface area (Å²) in [5, 5.41) is 1.14. The van der Waals surface area contributed by atoms with Crippen LogP contribution < -0.4 is 5.73 Å². The first kappa shape index (κ1) is 14.5. The second-order valence-corrected chi connectivity index (χ2v) is 5.97. The molecule has 0 aromatic carbocycles. The van der Waals surface area contributed by atoms with Crippen molar-refractivity contribution in [3.05, 3.63) is 36.4 Å². The summed E-state index contributed by atoms with van der Waals surface area (Å²) in [6.07, 6.45) is 8.84. The smallest absolute Gasteiger partial charge is 0.220 e. The van der Waals surface area contributed by atoms with Gasteiger partial charge in [-0.2, -0.15) is 0 Å². The molecule has 5 heteroatoms. The molecule has 0 fully saturated rings. The average Bonchev–Trinajstić information content (AvgIpc) is 2.92. The summed E-state index contributed by atoms with van der Waals surface area (Å²) in [4.78, 5) is 16.2. The van der Waals surface area contributed by atoms with E-state index >= 15 is 0 Å². The lowest BCUT2D eigenvalue weighted by Crippen LogP contribution is -1.97. The Balaban J connectivity index is 2.01. The van der Waals surface area contributed by atoms with Crippen molar-refractivity contribution in [1.82, 2.24) is 19.9 Å². The number of aromatic nitrogens is 4. The Morgan fingerprint density at radius 3 is 2.77 bits per heavy atom. The van der Waals surface area contributed by atoms with Gasteiger partial charge >= 0.3 is 0 Å². The minimum Gasteiger partial charge on any atom is -0.368 e. The number of pyridine rings is 1. The Morgan fingerprint density at radius 1 is 1.18 bits per heavy atom. The SMILES string of the molecule is CC(C)CCCc1nccc2[nH]cc(-c3ccnc(N)n3)c12. The number of nitrogens with zero attached hydrogens (tertiary/aromatic N) is 3. The van der Waals surface area contributed by atoms with Crippen LogP contribution in [0.5, 0.6) is 0 Å². The van der Waals surface area contributed by atoms with E-state index in [1.54, 1.807) is 6.20 Å². The number of aryl methyl sites for hydroxylation is 1. The number of hydrogen-bond acceptors (Lipinski definition) is 4. The molecule has 0 saturated heterocycles. The number of nitrogen functional groups attached to an aromatic ring is 1. The summed E-state index contributed by atoms with van der Waals surface area (Å²) in [6, 6.07) is 3.87. The molecule has 3 aromatic heterocycles. The zero-order chi connectivity index (χ0) is 15.5. The van der Waals surface area contributed by atoms with Crippen LogP contribution in [0.2, 0.25) is 0 Å². The summed E-state index contributed by atoms with van der Waals surface area (Å²) in [5.41, 5.74) is 9.78. The maximum absolute atomic E-state index is 5.71. The number of anilines is 1. The van der Waals surface area contributed by atoms with Gasteiger partial charge in [-0.3, -0.25) is 4.98 Å². The molecule has 22 heavy (non-hydrogen) atoms. The molecule has 0 bridgehead atoms. The topological polar surface area (TPSA) is 80.5 Å². The quantitative estimate of drug-likeness (QED) is 0.754. The van der Waals surface area contributed by atoms with Crippen LogP contribution >= 0.6 is 0 Å². The largest absolute Gasteiger partial charge is 0.368 e. The van der Waals surface area contributed by atoms with Crippen LogP contribution in [0.1, 0.15) is 32.4 Å². The lowest BCUT2D eigenvalue weighted by Gasteiger charge is -2.07. The van der Waals surface area contributed by atoms with Crippen LogP contribution in [0.4, 0.5) is 5.95 Å².